The molecule has 0 aliphatic carbocycles. The van der Waals surface area contributed by atoms with Crippen LogP contribution in [0.2, 0.25) is 0 Å². The minimum Gasteiger partial charge on any atom is -0.449 e. The Morgan fingerprint density at radius 2 is 1.64 bits per heavy atom. The fraction of sp³-hybridized carbons (Fsp3) is 0.125. The van der Waals surface area contributed by atoms with Crippen LogP contribution in [-0.4, -0.2) is 9.76 Å². The Balaban J connectivity index is 2.27. The molecule has 2 aromatic rings. The molecule has 1 unspecified atom stereocenters. The molecule has 22 heavy (non-hydrogen) atoms. The van der Waals surface area contributed by atoms with Crippen LogP contribution in [0.15, 0.2) is 54.6 Å². The number of nitrogens with zero attached hydrogens (tertiary/aromatic N) is 1. The van der Waals surface area contributed by atoms with Gasteiger partial charge in [0.2, 0.25) is 3.79 Å². The summed E-state index contributed by atoms with van der Waals surface area (Å²) in [6, 6.07) is 16.7. The lowest BCUT2D eigenvalue weighted by Gasteiger charge is -2.25. The van der Waals surface area contributed by atoms with E-state index in [9.17, 15) is 4.79 Å². The van der Waals surface area contributed by atoms with Gasteiger partial charge in [-0.3, -0.25) is 0 Å². The van der Waals surface area contributed by atoms with Gasteiger partial charge in [-0.2, -0.15) is 5.26 Å². The van der Waals surface area contributed by atoms with Gasteiger partial charge in [-0.1, -0.05) is 65.1 Å². The van der Waals surface area contributed by atoms with Crippen LogP contribution in [0.4, 0.5) is 0 Å². The van der Waals surface area contributed by atoms with Gasteiger partial charge in [-0.25, -0.2) is 4.79 Å². The van der Waals surface area contributed by atoms with Crippen LogP contribution in [0.5, 0.6) is 0 Å². The predicted molar refractivity (Wildman–Crippen MR) is 86.0 cm³/mol. The van der Waals surface area contributed by atoms with Gasteiger partial charge < -0.3 is 4.74 Å². The fourth-order valence-corrected chi connectivity index (χ4v) is 2.32. The molecule has 0 saturated carbocycles. The molecule has 3 nitrogen and oxygen atoms in total. The topological polar surface area (TPSA) is 50.1 Å². The molecule has 112 valence electrons. The molecule has 0 fully saturated rings. The second-order valence-electron chi connectivity index (χ2n) is 4.43. The minimum absolute atomic E-state index is 0.357. The quantitative estimate of drug-likeness (QED) is 0.586. The normalized spacial score (nSPS) is 12.3. The van der Waals surface area contributed by atoms with E-state index < -0.39 is 15.9 Å². The number of benzene rings is 2. The van der Waals surface area contributed by atoms with Crippen molar-refractivity contribution < 1.29 is 9.53 Å². The molecular formula is C16H10Cl3NO2. The van der Waals surface area contributed by atoms with Crippen molar-refractivity contribution in [2.45, 2.75) is 9.90 Å². The number of hydrogen-bond acceptors (Lipinski definition) is 3. The monoisotopic (exact) mass is 353 g/mol. The molecule has 1 atom stereocenters. The highest BCUT2D eigenvalue weighted by Crippen LogP contribution is 2.42. The van der Waals surface area contributed by atoms with E-state index in [0.717, 1.165) is 0 Å². The first-order chi connectivity index (χ1) is 10.4. The summed E-state index contributed by atoms with van der Waals surface area (Å²) in [5, 5.41) is 8.81. The number of rotatable bonds is 3. The van der Waals surface area contributed by atoms with Crippen molar-refractivity contribution in [1.82, 2.24) is 0 Å². The smallest absolute Gasteiger partial charge is 0.338 e. The van der Waals surface area contributed by atoms with Gasteiger partial charge in [0.15, 0.2) is 6.10 Å². The molecule has 0 bridgehead atoms. The first kappa shape index (κ1) is 16.6. The first-order valence-corrected chi connectivity index (χ1v) is 7.38. The van der Waals surface area contributed by atoms with E-state index in [4.69, 9.17) is 44.8 Å². The zero-order chi connectivity index (χ0) is 16.2. The second kappa shape index (κ2) is 7.02. The third-order valence-electron chi connectivity index (χ3n) is 2.87. The molecule has 0 aliphatic heterocycles. The van der Waals surface area contributed by atoms with E-state index in [2.05, 4.69) is 0 Å². The number of hydrogen-bond donors (Lipinski definition) is 0. The van der Waals surface area contributed by atoms with Crippen molar-refractivity contribution in [2.75, 3.05) is 0 Å². The Labute approximate surface area is 143 Å². The van der Waals surface area contributed by atoms with Gasteiger partial charge in [0.25, 0.3) is 0 Å². The lowest BCUT2D eigenvalue weighted by Crippen LogP contribution is -2.23. The molecule has 0 N–H and O–H groups in total. The third kappa shape index (κ3) is 4.14. The molecule has 0 aliphatic rings. The average molecular weight is 355 g/mol. The molecule has 0 aromatic heterocycles. The van der Waals surface area contributed by atoms with Crippen LogP contribution in [-0.2, 0) is 4.74 Å². The summed E-state index contributed by atoms with van der Waals surface area (Å²) >= 11 is 17.8. The zero-order valence-electron chi connectivity index (χ0n) is 11.2. The number of halogens is 3. The summed E-state index contributed by atoms with van der Waals surface area (Å²) in [6.45, 7) is 0. The molecule has 0 heterocycles. The van der Waals surface area contributed by atoms with Crippen molar-refractivity contribution >= 4 is 40.8 Å². The van der Waals surface area contributed by atoms with E-state index in [1.165, 1.54) is 0 Å². The summed E-state index contributed by atoms with van der Waals surface area (Å²) < 4.78 is 3.51. The second-order valence-corrected chi connectivity index (χ2v) is 6.80. The minimum atomic E-state index is -1.83. The summed E-state index contributed by atoms with van der Waals surface area (Å²) in [7, 11) is 0. The Hall–Kier alpha value is -1.73. The largest absolute Gasteiger partial charge is 0.449 e. The molecule has 6 heteroatoms. The van der Waals surface area contributed by atoms with Crippen LogP contribution in [0.1, 0.15) is 27.6 Å². The third-order valence-corrected chi connectivity index (χ3v) is 3.47. The standard InChI is InChI=1S/C16H10Cl3NO2/c17-16(18,19)14(12-8-6-11(10-20)7-9-12)22-15(21)13-4-2-1-3-5-13/h1-9,14H. The van der Waals surface area contributed by atoms with Gasteiger partial charge in [0.05, 0.1) is 17.2 Å². The molecule has 0 radical (unpaired) electrons. The van der Waals surface area contributed by atoms with E-state index in [1.54, 1.807) is 54.6 Å². The SMILES string of the molecule is N#Cc1ccc(C(OC(=O)c2ccccc2)C(Cl)(Cl)Cl)cc1. The number of esters is 1. The maximum atomic E-state index is 12.1. The van der Waals surface area contributed by atoms with Crippen LogP contribution in [0.3, 0.4) is 0 Å². The molecule has 2 rings (SSSR count). The molecule has 0 spiro atoms. The van der Waals surface area contributed by atoms with Crippen molar-refractivity contribution in [3.8, 4) is 6.07 Å². The Morgan fingerprint density at radius 1 is 1.05 bits per heavy atom. The zero-order valence-corrected chi connectivity index (χ0v) is 13.4. The molecule has 0 saturated heterocycles. The van der Waals surface area contributed by atoms with Gasteiger partial charge in [-0.05, 0) is 29.8 Å². The first-order valence-electron chi connectivity index (χ1n) is 6.24. The Morgan fingerprint density at radius 3 is 2.14 bits per heavy atom. The highest BCUT2D eigenvalue weighted by Gasteiger charge is 2.37. The summed E-state index contributed by atoms with van der Waals surface area (Å²) in [4.78, 5) is 12.1. The number of carbonyl (C=O) groups is 1. The lowest BCUT2D eigenvalue weighted by molar-refractivity contribution is 0.0304. The van der Waals surface area contributed by atoms with Gasteiger partial charge >= 0.3 is 5.97 Å². The molecular weight excluding hydrogens is 345 g/mol. The molecule has 2 aromatic carbocycles. The highest BCUT2D eigenvalue weighted by atomic mass is 35.6. The number of nitriles is 1. The molecule has 0 amide bonds. The van der Waals surface area contributed by atoms with Crippen molar-refractivity contribution in [3.63, 3.8) is 0 Å². The van der Waals surface area contributed by atoms with Crippen LogP contribution >= 0.6 is 34.8 Å². The van der Waals surface area contributed by atoms with E-state index >= 15 is 0 Å². The summed E-state index contributed by atoms with van der Waals surface area (Å²) in [6.07, 6.45) is -1.09. The summed E-state index contributed by atoms with van der Waals surface area (Å²) in [5.41, 5.74) is 1.31. The Kier molecular flexibility index (Phi) is 5.31. The number of carbonyl (C=O) groups excluding carboxylic acids is 1. The van der Waals surface area contributed by atoms with E-state index in [-0.39, 0.29) is 0 Å². The van der Waals surface area contributed by atoms with Crippen LogP contribution in [0, 0.1) is 11.3 Å². The van der Waals surface area contributed by atoms with E-state index in [1.807, 2.05) is 6.07 Å². The van der Waals surface area contributed by atoms with Crippen LogP contribution in [0.25, 0.3) is 0 Å². The van der Waals surface area contributed by atoms with Crippen LogP contribution < -0.4 is 0 Å². The highest BCUT2D eigenvalue weighted by molar-refractivity contribution is 6.68. The van der Waals surface area contributed by atoms with Crippen molar-refractivity contribution in [2.24, 2.45) is 0 Å². The maximum absolute atomic E-state index is 12.1. The Bertz CT molecular complexity index is 688. The van der Waals surface area contributed by atoms with Gasteiger partial charge in [-0.15, -0.1) is 0 Å². The lowest BCUT2D eigenvalue weighted by atomic mass is 10.1. The van der Waals surface area contributed by atoms with Crippen molar-refractivity contribution in [3.05, 3.63) is 71.3 Å². The fourth-order valence-electron chi connectivity index (χ4n) is 1.81. The maximum Gasteiger partial charge on any atom is 0.338 e. The van der Waals surface area contributed by atoms with Gasteiger partial charge in [0.1, 0.15) is 0 Å². The average Bonchev–Trinajstić information content (AvgIpc) is 2.52. The van der Waals surface area contributed by atoms with Gasteiger partial charge in [0, 0.05) is 0 Å². The van der Waals surface area contributed by atoms with Crippen molar-refractivity contribution in [1.29, 1.82) is 5.26 Å². The number of alkyl halides is 3. The van der Waals surface area contributed by atoms with E-state index in [0.29, 0.717) is 16.7 Å². The summed E-state index contributed by atoms with van der Waals surface area (Å²) in [5.74, 6) is -0.596. The predicted octanol–water partition coefficient (Wildman–Crippen LogP) is 4.83. The number of ether oxygens (including phenoxy) is 1.